The molecule has 2 aromatic rings. The van der Waals surface area contributed by atoms with Crippen molar-refractivity contribution in [2.45, 2.75) is 6.61 Å². The second-order valence-corrected chi connectivity index (χ2v) is 5.67. The van der Waals surface area contributed by atoms with Crippen LogP contribution in [0.1, 0.15) is 21.5 Å². The molecule has 0 saturated carbocycles. The minimum absolute atomic E-state index is 0.0997. The van der Waals surface area contributed by atoms with Crippen molar-refractivity contribution < 1.29 is 19.4 Å². The molecule has 2 N–H and O–H groups in total. The van der Waals surface area contributed by atoms with Gasteiger partial charge < -0.3 is 15.2 Å². The van der Waals surface area contributed by atoms with Crippen molar-refractivity contribution in [1.29, 1.82) is 0 Å². The minimum atomic E-state index is -1.03. The Kier molecular flexibility index (Phi) is 6.41. The van der Waals surface area contributed by atoms with E-state index >= 15 is 0 Å². The summed E-state index contributed by atoms with van der Waals surface area (Å²) in [7, 11) is 0. The number of ether oxygens (including phenoxy) is 1. The van der Waals surface area contributed by atoms with E-state index in [0.29, 0.717) is 10.0 Å². The molecule has 2 aromatic carbocycles. The van der Waals surface area contributed by atoms with Gasteiger partial charge in [0.1, 0.15) is 6.61 Å². The molecule has 0 aromatic heterocycles. The van der Waals surface area contributed by atoms with E-state index in [2.05, 4.69) is 33.1 Å². The van der Waals surface area contributed by atoms with Crippen LogP contribution in [0.15, 0.2) is 53.0 Å². The maximum atomic E-state index is 11.5. The molecule has 0 bridgehead atoms. The van der Waals surface area contributed by atoms with Gasteiger partial charge in [0.15, 0.2) is 0 Å². The lowest BCUT2D eigenvalue weighted by Gasteiger charge is -2.04. The van der Waals surface area contributed by atoms with Crippen molar-refractivity contribution in [3.8, 4) is 11.8 Å². The molecule has 0 aliphatic heterocycles. The first-order valence-corrected chi connectivity index (χ1v) is 7.81. The highest BCUT2D eigenvalue weighted by Gasteiger charge is 2.04. The molecule has 0 fully saturated rings. The molecule has 2 rings (SSSR count). The van der Waals surface area contributed by atoms with Crippen LogP contribution in [0.4, 0.5) is 4.79 Å². The number of aromatic carboxylic acids is 1. The van der Waals surface area contributed by atoms with Gasteiger partial charge in [0, 0.05) is 10.0 Å². The van der Waals surface area contributed by atoms with Crippen molar-refractivity contribution in [2.24, 2.45) is 0 Å². The van der Waals surface area contributed by atoms with Crippen LogP contribution in [0.3, 0.4) is 0 Å². The SMILES string of the molecule is O=C(NCC#Cc1cc(Br)cc(C(=O)O)c1)OCc1ccccc1. The van der Waals surface area contributed by atoms with E-state index in [4.69, 9.17) is 9.84 Å². The molecule has 0 heterocycles. The van der Waals surface area contributed by atoms with Gasteiger partial charge >= 0.3 is 12.1 Å². The third-order valence-corrected chi connectivity index (χ3v) is 3.37. The maximum absolute atomic E-state index is 11.5. The van der Waals surface area contributed by atoms with Crippen LogP contribution < -0.4 is 5.32 Å². The molecular weight excluding hydrogens is 374 g/mol. The topological polar surface area (TPSA) is 75.6 Å². The summed E-state index contributed by atoms with van der Waals surface area (Å²) in [6.07, 6.45) is -0.561. The van der Waals surface area contributed by atoms with Crippen molar-refractivity contribution in [2.75, 3.05) is 6.54 Å². The van der Waals surface area contributed by atoms with E-state index < -0.39 is 12.1 Å². The number of carboxylic acid groups (broad SMARTS) is 1. The fraction of sp³-hybridized carbons (Fsp3) is 0.111. The van der Waals surface area contributed by atoms with Crippen LogP contribution in [-0.4, -0.2) is 23.7 Å². The number of benzene rings is 2. The summed E-state index contributed by atoms with van der Waals surface area (Å²) in [6.45, 7) is 0.288. The molecule has 6 heteroatoms. The molecule has 0 saturated heterocycles. The monoisotopic (exact) mass is 387 g/mol. The molecule has 1 amide bonds. The van der Waals surface area contributed by atoms with Gasteiger partial charge in [-0.3, -0.25) is 0 Å². The number of carbonyl (C=O) groups excluding carboxylic acids is 1. The lowest BCUT2D eigenvalue weighted by molar-refractivity contribution is 0.0696. The van der Waals surface area contributed by atoms with Gasteiger partial charge in [-0.15, -0.1) is 0 Å². The Morgan fingerprint density at radius 3 is 2.62 bits per heavy atom. The molecule has 0 atom stereocenters. The number of amides is 1. The normalized spacial score (nSPS) is 9.54. The van der Waals surface area contributed by atoms with Gasteiger partial charge in [0.2, 0.25) is 0 Å². The Morgan fingerprint density at radius 2 is 1.92 bits per heavy atom. The average Bonchev–Trinajstić information content (AvgIpc) is 2.57. The zero-order valence-electron chi connectivity index (χ0n) is 12.6. The summed E-state index contributed by atoms with van der Waals surface area (Å²) in [5.74, 6) is 4.52. The number of carboxylic acids is 1. The summed E-state index contributed by atoms with van der Waals surface area (Å²) in [5.41, 5.74) is 1.58. The number of halogens is 1. The number of carbonyl (C=O) groups is 2. The highest BCUT2D eigenvalue weighted by Crippen LogP contribution is 2.15. The molecule has 122 valence electrons. The first-order valence-electron chi connectivity index (χ1n) is 7.02. The molecule has 24 heavy (non-hydrogen) atoms. The minimum Gasteiger partial charge on any atom is -0.478 e. The Labute approximate surface area is 147 Å². The number of hydrogen-bond donors (Lipinski definition) is 2. The van der Waals surface area contributed by atoms with Crippen LogP contribution in [0.2, 0.25) is 0 Å². The van der Waals surface area contributed by atoms with Crippen LogP contribution in [0.25, 0.3) is 0 Å². The first kappa shape index (κ1) is 17.6. The summed E-state index contributed by atoms with van der Waals surface area (Å²) < 4.78 is 5.67. The Hall–Kier alpha value is -2.78. The second-order valence-electron chi connectivity index (χ2n) is 4.75. The van der Waals surface area contributed by atoms with Gasteiger partial charge in [-0.2, -0.15) is 0 Å². The first-order chi connectivity index (χ1) is 11.5. The zero-order valence-corrected chi connectivity index (χ0v) is 14.2. The fourth-order valence-electron chi connectivity index (χ4n) is 1.82. The summed E-state index contributed by atoms with van der Waals surface area (Å²) >= 11 is 3.24. The highest BCUT2D eigenvalue weighted by atomic mass is 79.9. The Balaban J connectivity index is 1.83. The smallest absolute Gasteiger partial charge is 0.408 e. The molecule has 0 radical (unpaired) electrons. The number of nitrogens with one attached hydrogen (secondary N) is 1. The van der Waals surface area contributed by atoms with Crippen molar-refractivity contribution >= 4 is 28.0 Å². The summed E-state index contributed by atoms with van der Waals surface area (Å²) in [4.78, 5) is 22.5. The third kappa shape index (κ3) is 5.78. The van der Waals surface area contributed by atoms with Crippen molar-refractivity contribution in [1.82, 2.24) is 5.32 Å². The lowest BCUT2D eigenvalue weighted by atomic mass is 10.1. The number of hydrogen-bond acceptors (Lipinski definition) is 3. The Bertz CT molecular complexity index is 794. The van der Waals surface area contributed by atoms with Crippen molar-refractivity contribution in [3.05, 3.63) is 69.7 Å². The molecule has 5 nitrogen and oxygen atoms in total. The van der Waals surface area contributed by atoms with Crippen molar-refractivity contribution in [3.63, 3.8) is 0 Å². The molecule has 0 aliphatic rings. The van der Waals surface area contributed by atoms with Crippen LogP contribution in [-0.2, 0) is 11.3 Å². The maximum Gasteiger partial charge on any atom is 0.408 e. The zero-order chi connectivity index (χ0) is 17.4. The second kappa shape index (κ2) is 8.75. The van der Waals surface area contributed by atoms with Gasteiger partial charge in [-0.25, -0.2) is 9.59 Å². The van der Waals surface area contributed by atoms with Gasteiger partial charge in [0.25, 0.3) is 0 Å². The van der Waals surface area contributed by atoms with Crippen LogP contribution >= 0.6 is 15.9 Å². The van der Waals surface area contributed by atoms with E-state index in [9.17, 15) is 9.59 Å². The number of alkyl carbamates (subject to hydrolysis) is 1. The standard InChI is InChI=1S/C18H14BrNO4/c19-16-10-14(9-15(11-16)17(21)22)7-4-8-20-18(23)24-12-13-5-2-1-3-6-13/h1-3,5-6,9-11H,8,12H2,(H,20,23)(H,21,22). The third-order valence-electron chi connectivity index (χ3n) is 2.91. The fourth-order valence-corrected chi connectivity index (χ4v) is 2.32. The Morgan fingerprint density at radius 1 is 1.17 bits per heavy atom. The quantitative estimate of drug-likeness (QED) is 0.788. The summed E-state index contributed by atoms with van der Waals surface area (Å²) in [5, 5.41) is 11.5. The molecule has 0 spiro atoms. The van der Waals surface area contributed by atoms with Crippen LogP contribution in [0, 0.1) is 11.8 Å². The lowest BCUT2D eigenvalue weighted by Crippen LogP contribution is -2.24. The number of rotatable bonds is 4. The predicted octanol–water partition coefficient (Wildman–Crippen LogP) is 3.43. The predicted molar refractivity (Wildman–Crippen MR) is 92.6 cm³/mol. The van der Waals surface area contributed by atoms with Gasteiger partial charge in [-0.05, 0) is 23.8 Å². The molecule has 0 aliphatic carbocycles. The van der Waals surface area contributed by atoms with E-state index in [1.807, 2.05) is 30.3 Å². The van der Waals surface area contributed by atoms with Gasteiger partial charge in [-0.1, -0.05) is 58.1 Å². The van der Waals surface area contributed by atoms with E-state index in [1.165, 1.54) is 12.1 Å². The van der Waals surface area contributed by atoms with Gasteiger partial charge in [0.05, 0.1) is 12.1 Å². The van der Waals surface area contributed by atoms with E-state index in [-0.39, 0.29) is 18.7 Å². The molecular formula is C18H14BrNO4. The molecule has 0 unspecified atom stereocenters. The highest BCUT2D eigenvalue weighted by molar-refractivity contribution is 9.10. The van der Waals surface area contributed by atoms with Crippen LogP contribution in [0.5, 0.6) is 0 Å². The summed E-state index contributed by atoms with van der Waals surface area (Å²) in [6, 6.07) is 14.0. The average molecular weight is 388 g/mol. The van der Waals surface area contributed by atoms with E-state index in [1.54, 1.807) is 6.07 Å². The van der Waals surface area contributed by atoms with E-state index in [0.717, 1.165) is 5.56 Å². The largest absolute Gasteiger partial charge is 0.478 e.